The first-order valence-electron chi connectivity index (χ1n) is 7.25. The summed E-state index contributed by atoms with van der Waals surface area (Å²) in [5, 5.41) is 7.90. The molecule has 0 aliphatic rings. The standard InChI is InChI=1S/C17H19Cl2FN2/c18-15-6-5-13(16(19)11-15)7-8-21-9-10-22-12-14-3-1-2-4-17(14)20/h1-6,11,21-22H,7-10,12H2. The maximum Gasteiger partial charge on any atom is 0.127 e. The third kappa shape index (κ3) is 5.58. The van der Waals surface area contributed by atoms with Gasteiger partial charge in [-0.3, -0.25) is 0 Å². The second kappa shape index (κ2) is 9.11. The monoisotopic (exact) mass is 340 g/mol. The van der Waals surface area contributed by atoms with E-state index in [-0.39, 0.29) is 5.82 Å². The second-order valence-electron chi connectivity index (χ2n) is 5.00. The van der Waals surface area contributed by atoms with Crippen LogP contribution < -0.4 is 10.6 Å². The average Bonchev–Trinajstić information content (AvgIpc) is 2.50. The van der Waals surface area contributed by atoms with E-state index in [0.717, 1.165) is 31.6 Å². The zero-order valence-corrected chi connectivity index (χ0v) is 13.7. The third-order valence-corrected chi connectivity index (χ3v) is 3.93. The van der Waals surface area contributed by atoms with E-state index < -0.39 is 0 Å². The third-order valence-electron chi connectivity index (χ3n) is 3.34. The summed E-state index contributed by atoms with van der Waals surface area (Å²) in [7, 11) is 0. The van der Waals surface area contributed by atoms with E-state index in [1.165, 1.54) is 6.07 Å². The topological polar surface area (TPSA) is 24.1 Å². The van der Waals surface area contributed by atoms with Crippen LogP contribution in [0.2, 0.25) is 10.0 Å². The van der Waals surface area contributed by atoms with E-state index in [4.69, 9.17) is 23.2 Å². The van der Waals surface area contributed by atoms with Crippen LogP contribution >= 0.6 is 23.2 Å². The molecule has 0 saturated carbocycles. The van der Waals surface area contributed by atoms with Crippen LogP contribution in [-0.4, -0.2) is 19.6 Å². The highest BCUT2D eigenvalue weighted by molar-refractivity contribution is 6.35. The van der Waals surface area contributed by atoms with Crippen molar-refractivity contribution in [3.63, 3.8) is 0 Å². The van der Waals surface area contributed by atoms with Crippen molar-refractivity contribution in [2.24, 2.45) is 0 Å². The van der Waals surface area contributed by atoms with E-state index in [9.17, 15) is 4.39 Å². The van der Waals surface area contributed by atoms with E-state index in [0.29, 0.717) is 22.2 Å². The summed E-state index contributed by atoms with van der Waals surface area (Å²) in [6.45, 7) is 2.97. The van der Waals surface area contributed by atoms with Crippen molar-refractivity contribution < 1.29 is 4.39 Å². The molecule has 0 heterocycles. The molecule has 0 aliphatic carbocycles. The second-order valence-corrected chi connectivity index (χ2v) is 5.85. The first-order valence-corrected chi connectivity index (χ1v) is 8.01. The van der Waals surface area contributed by atoms with Gasteiger partial charge in [-0.25, -0.2) is 4.39 Å². The van der Waals surface area contributed by atoms with Gasteiger partial charge >= 0.3 is 0 Å². The largest absolute Gasteiger partial charge is 0.315 e. The van der Waals surface area contributed by atoms with Crippen LogP contribution in [0.4, 0.5) is 4.39 Å². The summed E-state index contributed by atoms with van der Waals surface area (Å²) < 4.78 is 13.4. The fraction of sp³-hybridized carbons (Fsp3) is 0.294. The van der Waals surface area contributed by atoms with Gasteiger partial charge in [-0.15, -0.1) is 0 Å². The highest BCUT2D eigenvalue weighted by Crippen LogP contribution is 2.20. The van der Waals surface area contributed by atoms with Crippen LogP contribution in [0.5, 0.6) is 0 Å². The molecular formula is C17H19Cl2FN2. The lowest BCUT2D eigenvalue weighted by Gasteiger charge is -2.08. The normalized spacial score (nSPS) is 10.9. The molecule has 2 rings (SSSR count). The summed E-state index contributed by atoms with van der Waals surface area (Å²) in [5.41, 5.74) is 1.77. The molecule has 0 atom stereocenters. The molecule has 0 spiro atoms. The summed E-state index contributed by atoms with van der Waals surface area (Å²) >= 11 is 12.0. The lowest BCUT2D eigenvalue weighted by atomic mass is 10.1. The summed E-state index contributed by atoms with van der Waals surface area (Å²) in [4.78, 5) is 0. The Labute approximate surface area is 140 Å². The minimum absolute atomic E-state index is 0.166. The minimum atomic E-state index is -0.166. The molecule has 118 valence electrons. The Morgan fingerprint density at radius 2 is 1.64 bits per heavy atom. The Kier molecular flexibility index (Phi) is 7.13. The van der Waals surface area contributed by atoms with Crippen molar-refractivity contribution in [1.29, 1.82) is 0 Å². The molecule has 5 heteroatoms. The molecule has 2 aromatic carbocycles. The molecule has 0 bridgehead atoms. The molecule has 0 radical (unpaired) electrons. The first kappa shape index (κ1) is 17.2. The highest BCUT2D eigenvalue weighted by Gasteiger charge is 2.01. The molecule has 0 fully saturated rings. The van der Waals surface area contributed by atoms with Crippen LogP contribution in [0.1, 0.15) is 11.1 Å². The predicted octanol–water partition coefficient (Wildman–Crippen LogP) is 4.05. The van der Waals surface area contributed by atoms with Gasteiger partial charge < -0.3 is 10.6 Å². The summed E-state index contributed by atoms with van der Waals surface area (Å²) in [6.07, 6.45) is 0.851. The van der Waals surface area contributed by atoms with Gasteiger partial charge in [0.1, 0.15) is 5.82 Å². The van der Waals surface area contributed by atoms with Gasteiger partial charge in [0.15, 0.2) is 0 Å². The lowest BCUT2D eigenvalue weighted by Crippen LogP contribution is -2.28. The van der Waals surface area contributed by atoms with E-state index in [1.54, 1.807) is 18.2 Å². The maximum atomic E-state index is 13.4. The van der Waals surface area contributed by atoms with E-state index in [1.807, 2.05) is 18.2 Å². The van der Waals surface area contributed by atoms with Gasteiger partial charge in [0.2, 0.25) is 0 Å². The fourth-order valence-corrected chi connectivity index (χ4v) is 2.62. The van der Waals surface area contributed by atoms with Gasteiger partial charge in [-0.1, -0.05) is 47.5 Å². The Morgan fingerprint density at radius 3 is 2.41 bits per heavy atom. The number of benzene rings is 2. The summed E-state index contributed by atoms with van der Waals surface area (Å²) in [6, 6.07) is 12.4. The van der Waals surface area contributed by atoms with Crippen molar-refractivity contribution >= 4 is 23.2 Å². The van der Waals surface area contributed by atoms with Gasteiger partial charge in [0, 0.05) is 35.2 Å². The van der Waals surface area contributed by atoms with Crippen LogP contribution in [-0.2, 0) is 13.0 Å². The Hall–Kier alpha value is -1.13. The number of hydrogen-bond donors (Lipinski definition) is 2. The zero-order chi connectivity index (χ0) is 15.8. The highest BCUT2D eigenvalue weighted by atomic mass is 35.5. The molecule has 0 aromatic heterocycles. The maximum absolute atomic E-state index is 13.4. The van der Waals surface area contributed by atoms with Gasteiger partial charge in [-0.2, -0.15) is 0 Å². The smallest absolute Gasteiger partial charge is 0.127 e. The quantitative estimate of drug-likeness (QED) is 0.708. The van der Waals surface area contributed by atoms with Crippen molar-refractivity contribution in [2.75, 3.05) is 19.6 Å². The molecule has 2 nitrogen and oxygen atoms in total. The van der Waals surface area contributed by atoms with E-state index in [2.05, 4.69) is 10.6 Å². The molecule has 0 amide bonds. The summed E-state index contributed by atoms with van der Waals surface area (Å²) in [5.74, 6) is -0.166. The number of rotatable bonds is 8. The van der Waals surface area contributed by atoms with Gasteiger partial charge in [-0.05, 0) is 36.7 Å². The molecule has 2 N–H and O–H groups in total. The minimum Gasteiger partial charge on any atom is -0.315 e. The van der Waals surface area contributed by atoms with Crippen molar-refractivity contribution in [3.8, 4) is 0 Å². The molecule has 0 saturated heterocycles. The van der Waals surface area contributed by atoms with Gasteiger partial charge in [0.05, 0.1) is 0 Å². The molecule has 22 heavy (non-hydrogen) atoms. The van der Waals surface area contributed by atoms with E-state index >= 15 is 0 Å². The number of halogens is 3. The average molecular weight is 341 g/mol. The van der Waals surface area contributed by atoms with Crippen molar-refractivity contribution in [2.45, 2.75) is 13.0 Å². The fourth-order valence-electron chi connectivity index (χ4n) is 2.11. The number of hydrogen-bond acceptors (Lipinski definition) is 2. The Bertz CT molecular complexity index is 605. The zero-order valence-electron chi connectivity index (χ0n) is 12.2. The number of nitrogens with one attached hydrogen (secondary N) is 2. The SMILES string of the molecule is Fc1ccccc1CNCCNCCc1ccc(Cl)cc1Cl. The Balaban J connectivity index is 1.59. The Morgan fingerprint density at radius 1 is 0.864 bits per heavy atom. The van der Waals surface area contributed by atoms with Crippen LogP contribution in [0, 0.1) is 5.82 Å². The molecule has 0 unspecified atom stereocenters. The van der Waals surface area contributed by atoms with Crippen LogP contribution in [0.25, 0.3) is 0 Å². The van der Waals surface area contributed by atoms with Crippen molar-refractivity contribution in [1.82, 2.24) is 10.6 Å². The first-order chi connectivity index (χ1) is 10.7. The van der Waals surface area contributed by atoms with Crippen molar-refractivity contribution in [3.05, 3.63) is 69.5 Å². The van der Waals surface area contributed by atoms with Crippen LogP contribution in [0.3, 0.4) is 0 Å². The predicted molar refractivity (Wildman–Crippen MR) is 91.1 cm³/mol. The van der Waals surface area contributed by atoms with Crippen LogP contribution in [0.15, 0.2) is 42.5 Å². The molecular weight excluding hydrogens is 322 g/mol. The van der Waals surface area contributed by atoms with Gasteiger partial charge in [0.25, 0.3) is 0 Å². The lowest BCUT2D eigenvalue weighted by molar-refractivity contribution is 0.574. The molecule has 0 aliphatic heterocycles. The molecule has 2 aromatic rings.